The summed E-state index contributed by atoms with van der Waals surface area (Å²) in [4.78, 5) is 25.2. The Morgan fingerprint density at radius 2 is 2.00 bits per heavy atom. The van der Waals surface area contributed by atoms with Gasteiger partial charge in [-0.3, -0.25) is 0 Å². The number of anilines is 3. The van der Waals surface area contributed by atoms with Crippen molar-refractivity contribution in [3.8, 4) is 0 Å². The van der Waals surface area contributed by atoms with Crippen molar-refractivity contribution in [1.29, 1.82) is 0 Å². The van der Waals surface area contributed by atoms with Gasteiger partial charge in [0.1, 0.15) is 0 Å². The van der Waals surface area contributed by atoms with E-state index >= 15 is 0 Å². The normalized spacial score (nSPS) is 22.4. The van der Waals surface area contributed by atoms with E-state index in [0.29, 0.717) is 12.2 Å². The Bertz CT molecular complexity index is 722. The zero-order chi connectivity index (χ0) is 15.8. The number of fused-ring (bicyclic) bond motifs is 2. The second kappa shape index (κ2) is 5.42. The summed E-state index contributed by atoms with van der Waals surface area (Å²) in [5, 5.41) is 2.92. The van der Waals surface area contributed by atoms with Gasteiger partial charge in [0.05, 0.1) is 12.1 Å². The van der Waals surface area contributed by atoms with Gasteiger partial charge in [0.2, 0.25) is 5.95 Å². The number of nitrogen functional groups attached to an aromatic ring is 1. The fraction of sp³-hybridized carbons (Fsp3) is 0.312. The second-order valence-electron chi connectivity index (χ2n) is 5.95. The van der Waals surface area contributed by atoms with Gasteiger partial charge >= 0.3 is 6.03 Å². The molecule has 7 nitrogen and oxygen atoms in total. The first-order valence-electron chi connectivity index (χ1n) is 7.67. The minimum absolute atomic E-state index is 0.0725. The zero-order valence-corrected chi connectivity index (χ0v) is 12.6. The Hall–Kier alpha value is -2.83. The third-order valence-electron chi connectivity index (χ3n) is 4.45. The monoisotopic (exact) mass is 310 g/mol. The number of carbonyl (C=O) groups excluding carboxylic acids is 1. The van der Waals surface area contributed by atoms with Gasteiger partial charge in [-0.1, -0.05) is 6.07 Å². The standard InChI is InChI=1S/C16H18N6O/c17-11-3-1-4-12(7-11)20-16(23)22-10-13-8-14(22)9-21(13)15-18-5-2-6-19-15/h1-7,13-14H,8-10,17H2,(H,20,23)/t13-,14-/m1/s1. The molecular formula is C16H18N6O. The lowest BCUT2D eigenvalue weighted by Crippen LogP contribution is -2.50. The topological polar surface area (TPSA) is 87.4 Å². The molecule has 2 bridgehead atoms. The Kier molecular flexibility index (Phi) is 3.25. The van der Waals surface area contributed by atoms with Gasteiger partial charge in [-0.2, -0.15) is 0 Å². The lowest BCUT2D eigenvalue weighted by molar-refractivity contribution is 0.202. The number of rotatable bonds is 2. The Morgan fingerprint density at radius 1 is 1.17 bits per heavy atom. The van der Waals surface area contributed by atoms with Crippen LogP contribution >= 0.6 is 0 Å². The summed E-state index contributed by atoms with van der Waals surface area (Å²) in [6.45, 7) is 1.47. The Labute approximate surface area is 134 Å². The van der Waals surface area contributed by atoms with Crippen LogP contribution in [-0.4, -0.2) is 46.1 Å². The fourth-order valence-corrected chi connectivity index (χ4v) is 3.41. The molecule has 2 saturated heterocycles. The van der Waals surface area contributed by atoms with Crippen LogP contribution in [0.2, 0.25) is 0 Å². The van der Waals surface area contributed by atoms with Crippen LogP contribution in [0.3, 0.4) is 0 Å². The van der Waals surface area contributed by atoms with Gasteiger partial charge in [-0.15, -0.1) is 0 Å². The second-order valence-corrected chi connectivity index (χ2v) is 5.95. The highest BCUT2D eigenvalue weighted by molar-refractivity contribution is 5.90. The molecule has 23 heavy (non-hydrogen) atoms. The number of nitrogens with two attached hydrogens (primary N) is 1. The maximum atomic E-state index is 12.5. The number of aromatic nitrogens is 2. The van der Waals surface area contributed by atoms with Crippen LogP contribution in [0.25, 0.3) is 0 Å². The largest absolute Gasteiger partial charge is 0.399 e. The zero-order valence-electron chi connectivity index (χ0n) is 12.6. The minimum atomic E-state index is -0.0725. The van der Waals surface area contributed by atoms with Crippen molar-refractivity contribution in [3.63, 3.8) is 0 Å². The molecule has 0 spiro atoms. The minimum Gasteiger partial charge on any atom is -0.399 e. The molecule has 0 saturated carbocycles. The third-order valence-corrected chi connectivity index (χ3v) is 4.45. The van der Waals surface area contributed by atoms with E-state index in [1.165, 1.54) is 0 Å². The molecule has 2 amide bonds. The van der Waals surface area contributed by atoms with Crippen LogP contribution in [0.4, 0.5) is 22.1 Å². The number of hydrogen-bond acceptors (Lipinski definition) is 5. The number of benzene rings is 1. The summed E-state index contributed by atoms with van der Waals surface area (Å²) >= 11 is 0. The van der Waals surface area contributed by atoms with E-state index < -0.39 is 0 Å². The van der Waals surface area contributed by atoms with Gasteiger partial charge in [-0.05, 0) is 30.7 Å². The Morgan fingerprint density at radius 3 is 2.70 bits per heavy atom. The quantitative estimate of drug-likeness (QED) is 0.822. The highest BCUT2D eigenvalue weighted by atomic mass is 16.2. The van der Waals surface area contributed by atoms with Gasteiger partial charge in [0.15, 0.2) is 0 Å². The van der Waals surface area contributed by atoms with Gasteiger partial charge in [-0.25, -0.2) is 14.8 Å². The number of urea groups is 1. The maximum Gasteiger partial charge on any atom is 0.322 e. The summed E-state index contributed by atoms with van der Waals surface area (Å²) < 4.78 is 0. The van der Waals surface area contributed by atoms with E-state index in [-0.39, 0.29) is 18.1 Å². The number of carbonyl (C=O) groups is 1. The smallest absolute Gasteiger partial charge is 0.322 e. The lowest BCUT2D eigenvalue weighted by Gasteiger charge is -2.34. The maximum absolute atomic E-state index is 12.5. The van der Waals surface area contributed by atoms with Crippen molar-refractivity contribution in [2.24, 2.45) is 0 Å². The molecule has 2 aliphatic heterocycles. The van der Waals surface area contributed by atoms with Crippen molar-refractivity contribution in [3.05, 3.63) is 42.7 Å². The molecule has 1 aromatic carbocycles. The number of nitrogens with one attached hydrogen (secondary N) is 1. The Balaban J connectivity index is 1.43. The molecule has 2 fully saturated rings. The van der Waals surface area contributed by atoms with Crippen molar-refractivity contribution >= 4 is 23.4 Å². The molecule has 4 rings (SSSR count). The average molecular weight is 310 g/mol. The van der Waals surface area contributed by atoms with Gasteiger partial charge in [0, 0.05) is 36.9 Å². The molecule has 1 aromatic heterocycles. The van der Waals surface area contributed by atoms with E-state index in [2.05, 4.69) is 20.2 Å². The number of nitrogens with zero attached hydrogens (tertiary/aromatic N) is 4. The average Bonchev–Trinajstić information content (AvgIpc) is 3.16. The van der Waals surface area contributed by atoms with E-state index in [1.807, 2.05) is 23.1 Å². The predicted molar refractivity (Wildman–Crippen MR) is 88.2 cm³/mol. The number of piperazine rings is 1. The molecular weight excluding hydrogens is 292 g/mol. The van der Waals surface area contributed by atoms with E-state index in [1.54, 1.807) is 24.5 Å². The highest BCUT2D eigenvalue weighted by Gasteiger charge is 2.46. The van der Waals surface area contributed by atoms with Crippen molar-refractivity contribution in [1.82, 2.24) is 14.9 Å². The molecule has 118 valence electrons. The molecule has 2 aliphatic rings. The summed E-state index contributed by atoms with van der Waals surface area (Å²) in [6.07, 6.45) is 4.46. The molecule has 0 radical (unpaired) electrons. The van der Waals surface area contributed by atoms with Crippen LogP contribution in [0.15, 0.2) is 42.7 Å². The molecule has 2 atom stereocenters. The van der Waals surface area contributed by atoms with E-state index in [9.17, 15) is 4.79 Å². The summed E-state index contributed by atoms with van der Waals surface area (Å²) in [5.41, 5.74) is 7.11. The van der Waals surface area contributed by atoms with Crippen LogP contribution in [0.5, 0.6) is 0 Å². The first-order valence-corrected chi connectivity index (χ1v) is 7.67. The molecule has 0 unspecified atom stereocenters. The van der Waals surface area contributed by atoms with E-state index in [0.717, 1.165) is 24.6 Å². The summed E-state index contributed by atoms with van der Waals surface area (Å²) in [6, 6.07) is 9.45. The molecule has 3 heterocycles. The highest BCUT2D eigenvalue weighted by Crippen LogP contribution is 2.33. The SMILES string of the molecule is Nc1cccc(NC(=O)N2C[C@H]3C[C@@H]2CN3c2ncccn2)c1. The molecule has 2 aromatic rings. The van der Waals surface area contributed by atoms with Crippen LogP contribution in [0, 0.1) is 0 Å². The number of hydrogen-bond donors (Lipinski definition) is 2. The van der Waals surface area contributed by atoms with Crippen molar-refractivity contribution in [2.75, 3.05) is 29.0 Å². The first-order chi connectivity index (χ1) is 11.2. The van der Waals surface area contributed by atoms with Crippen LogP contribution in [0.1, 0.15) is 6.42 Å². The third kappa shape index (κ3) is 2.54. The van der Waals surface area contributed by atoms with Crippen molar-refractivity contribution < 1.29 is 4.79 Å². The summed E-state index contributed by atoms with van der Waals surface area (Å²) in [7, 11) is 0. The van der Waals surface area contributed by atoms with Gasteiger partial charge in [0.25, 0.3) is 0 Å². The van der Waals surface area contributed by atoms with Crippen molar-refractivity contribution in [2.45, 2.75) is 18.5 Å². The van der Waals surface area contributed by atoms with Gasteiger partial charge < -0.3 is 20.9 Å². The first kappa shape index (κ1) is 13.8. The fourth-order valence-electron chi connectivity index (χ4n) is 3.41. The molecule has 7 heteroatoms. The predicted octanol–water partition coefficient (Wildman–Crippen LogP) is 1.55. The number of amides is 2. The van der Waals surface area contributed by atoms with E-state index in [4.69, 9.17) is 5.73 Å². The summed E-state index contributed by atoms with van der Waals surface area (Å²) in [5.74, 6) is 0.746. The lowest BCUT2D eigenvalue weighted by atomic mass is 10.2. The molecule has 0 aliphatic carbocycles. The molecule has 3 N–H and O–H groups in total. The van der Waals surface area contributed by atoms with Crippen LogP contribution < -0.4 is 16.0 Å². The number of likely N-dealkylation sites (tertiary alicyclic amines) is 1. The van der Waals surface area contributed by atoms with Crippen LogP contribution in [-0.2, 0) is 0 Å².